The lowest BCUT2D eigenvalue weighted by molar-refractivity contribution is -0.383. The molecule has 0 radical (unpaired) electrons. The average molecular weight is 266 g/mol. The fourth-order valence-electron chi connectivity index (χ4n) is 1.66. The van der Waals surface area contributed by atoms with Crippen molar-refractivity contribution >= 4 is 39.7 Å². The summed E-state index contributed by atoms with van der Waals surface area (Å²) in [6, 6.07) is 4.27. The van der Waals surface area contributed by atoms with Gasteiger partial charge in [0, 0.05) is 30.3 Å². The Morgan fingerprint density at radius 1 is 1.44 bits per heavy atom. The van der Waals surface area contributed by atoms with E-state index in [1.165, 1.54) is 31.3 Å². The predicted octanol–water partition coefficient (Wildman–Crippen LogP) is 2.75. The minimum absolute atomic E-state index is 0.0803. The number of nitrogens with one attached hydrogen (secondary N) is 1. The molecule has 0 atom stereocenters. The zero-order valence-electron chi connectivity index (χ0n) is 9.31. The van der Waals surface area contributed by atoms with E-state index in [0.717, 1.165) is 0 Å². The molecule has 0 aliphatic rings. The normalized spacial score (nSPS) is 10.3. The van der Waals surface area contributed by atoms with Gasteiger partial charge in [-0.05, 0) is 12.1 Å². The van der Waals surface area contributed by atoms with Gasteiger partial charge in [0.15, 0.2) is 0 Å². The number of nitro groups is 1. The van der Waals surface area contributed by atoms with Crippen molar-refractivity contribution in [1.29, 1.82) is 0 Å². The van der Waals surface area contributed by atoms with Crippen LogP contribution in [0.1, 0.15) is 6.92 Å². The Labute approximate surface area is 107 Å². The van der Waals surface area contributed by atoms with E-state index < -0.39 is 4.92 Å². The number of non-ortho nitro benzene ring substituents is 1. The second kappa shape index (κ2) is 4.58. The van der Waals surface area contributed by atoms with Crippen LogP contribution in [0.4, 0.5) is 11.4 Å². The van der Waals surface area contributed by atoms with Crippen molar-refractivity contribution in [2.24, 2.45) is 0 Å². The van der Waals surface area contributed by atoms with Crippen LogP contribution >= 0.6 is 11.6 Å². The van der Waals surface area contributed by atoms with Crippen molar-refractivity contribution in [2.75, 3.05) is 5.32 Å². The van der Waals surface area contributed by atoms with E-state index in [0.29, 0.717) is 16.5 Å². The van der Waals surface area contributed by atoms with Gasteiger partial charge in [-0.2, -0.15) is 0 Å². The summed E-state index contributed by atoms with van der Waals surface area (Å²) in [6.45, 7) is 1.36. The second-order valence-corrected chi connectivity index (χ2v) is 4.01. The molecule has 2 aromatic rings. The Kier molecular flexibility index (Phi) is 3.12. The minimum Gasteiger partial charge on any atom is -0.326 e. The fraction of sp³-hybridized carbons (Fsp3) is 0.0909. The third-order valence-corrected chi connectivity index (χ3v) is 2.56. The molecule has 0 fully saturated rings. The van der Waals surface area contributed by atoms with Gasteiger partial charge in [-0.1, -0.05) is 11.6 Å². The van der Waals surface area contributed by atoms with Gasteiger partial charge >= 0.3 is 0 Å². The summed E-state index contributed by atoms with van der Waals surface area (Å²) >= 11 is 5.77. The van der Waals surface area contributed by atoms with Gasteiger partial charge in [-0.15, -0.1) is 0 Å². The molecule has 0 spiro atoms. The molecule has 18 heavy (non-hydrogen) atoms. The van der Waals surface area contributed by atoms with Gasteiger partial charge in [0.2, 0.25) is 5.91 Å². The molecule has 0 saturated carbocycles. The first-order chi connectivity index (χ1) is 8.49. The zero-order chi connectivity index (χ0) is 13.3. The van der Waals surface area contributed by atoms with Gasteiger partial charge in [0.25, 0.3) is 5.69 Å². The maximum Gasteiger partial charge on any atom is 0.278 e. The van der Waals surface area contributed by atoms with E-state index in [1.54, 1.807) is 0 Å². The molecule has 1 aromatic carbocycles. The number of nitrogens with zero attached hydrogens (tertiary/aromatic N) is 2. The van der Waals surface area contributed by atoms with Gasteiger partial charge in [0.1, 0.15) is 5.15 Å². The van der Waals surface area contributed by atoms with E-state index >= 15 is 0 Å². The number of amides is 1. The van der Waals surface area contributed by atoms with Crippen LogP contribution in [0.25, 0.3) is 10.8 Å². The molecule has 1 amide bonds. The first-order valence-electron chi connectivity index (χ1n) is 4.99. The molecule has 1 heterocycles. The van der Waals surface area contributed by atoms with Crippen molar-refractivity contribution < 1.29 is 9.72 Å². The van der Waals surface area contributed by atoms with Crippen LogP contribution in [-0.4, -0.2) is 15.8 Å². The molecule has 0 unspecified atom stereocenters. The Morgan fingerprint density at radius 2 is 2.17 bits per heavy atom. The number of carbonyl (C=O) groups is 1. The Morgan fingerprint density at radius 3 is 2.78 bits per heavy atom. The zero-order valence-corrected chi connectivity index (χ0v) is 10.1. The van der Waals surface area contributed by atoms with Crippen molar-refractivity contribution in [3.05, 3.63) is 39.7 Å². The van der Waals surface area contributed by atoms with Crippen LogP contribution < -0.4 is 5.32 Å². The standard InChI is InChI=1S/C11H8ClN3O3/c1-6(16)14-9-2-3-10(15(17)18)8-5-13-11(12)4-7(8)9/h2-5H,1H3,(H,14,16). The van der Waals surface area contributed by atoms with E-state index in [2.05, 4.69) is 10.3 Å². The van der Waals surface area contributed by atoms with Gasteiger partial charge in [-0.3, -0.25) is 14.9 Å². The van der Waals surface area contributed by atoms with Crippen molar-refractivity contribution in [1.82, 2.24) is 4.98 Å². The summed E-state index contributed by atoms with van der Waals surface area (Å²) in [4.78, 5) is 25.3. The molecule has 2 rings (SSSR count). The third-order valence-electron chi connectivity index (χ3n) is 2.35. The Balaban J connectivity index is 2.75. The molecule has 6 nitrogen and oxygen atoms in total. The molecule has 0 aliphatic heterocycles. The molecular formula is C11H8ClN3O3. The number of nitro benzene ring substituents is 1. The van der Waals surface area contributed by atoms with E-state index in [-0.39, 0.29) is 16.7 Å². The van der Waals surface area contributed by atoms with Crippen LogP contribution in [0.15, 0.2) is 24.4 Å². The molecule has 0 saturated heterocycles. The van der Waals surface area contributed by atoms with Crippen molar-refractivity contribution in [3.63, 3.8) is 0 Å². The van der Waals surface area contributed by atoms with E-state index in [4.69, 9.17) is 11.6 Å². The number of hydrogen-bond donors (Lipinski definition) is 1. The number of fused-ring (bicyclic) bond motifs is 1. The highest BCUT2D eigenvalue weighted by atomic mass is 35.5. The number of halogens is 1. The number of aromatic nitrogens is 1. The van der Waals surface area contributed by atoms with E-state index in [9.17, 15) is 14.9 Å². The molecule has 92 valence electrons. The summed E-state index contributed by atoms with van der Waals surface area (Å²) < 4.78 is 0. The predicted molar refractivity (Wildman–Crippen MR) is 67.7 cm³/mol. The number of carbonyl (C=O) groups excluding carboxylic acids is 1. The van der Waals surface area contributed by atoms with E-state index in [1.807, 2.05) is 0 Å². The molecular weight excluding hydrogens is 258 g/mol. The maximum atomic E-state index is 11.1. The minimum atomic E-state index is -0.504. The molecule has 1 N–H and O–H groups in total. The number of anilines is 1. The fourth-order valence-corrected chi connectivity index (χ4v) is 1.81. The van der Waals surface area contributed by atoms with Crippen LogP contribution in [0.5, 0.6) is 0 Å². The van der Waals surface area contributed by atoms with Crippen LogP contribution in [-0.2, 0) is 4.79 Å². The maximum absolute atomic E-state index is 11.1. The van der Waals surface area contributed by atoms with Gasteiger partial charge in [-0.25, -0.2) is 4.98 Å². The van der Waals surface area contributed by atoms with Crippen LogP contribution in [0.2, 0.25) is 5.15 Å². The SMILES string of the molecule is CC(=O)Nc1ccc([N+](=O)[O-])c2cnc(Cl)cc12. The van der Waals surface area contributed by atoms with Gasteiger partial charge in [0.05, 0.1) is 10.3 Å². The van der Waals surface area contributed by atoms with Crippen LogP contribution in [0, 0.1) is 10.1 Å². The third kappa shape index (κ3) is 2.23. The summed E-state index contributed by atoms with van der Waals surface area (Å²) in [7, 11) is 0. The quantitative estimate of drug-likeness (QED) is 0.514. The van der Waals surface area contributed by atoms with Crippen molar-refractivity contribution in [3.8, 4) is 0 Å². The Hall–Kier alpha value is -2.21. The first kappa shape index (κ1) is 12.3. The summed E-state index contributed by atoms with van der Waals surface area (Å²) in [6.07, 6.45) is 1.32. The lowest BCUT2D eigenvalue weighted by atomic mass is 10.1. The lowest BCUT2D eigenvalue weighted by Gasteiger charge is -2.07. The number of rotatable bonds is 2. The smallest absolute Gasteiger partial charge is 0.278 e. The highest BCUT2D eigenvalue weighted by Gasteiger charge is 2.15. The van der Waals surface area contributed by atoms with Gasteiger partial charge < -0.3 is 5.32 Å². The number of hydrogen-bond acceptors (Lipinski definition) is 4. The highest BCUT2D eigenvalue weighted by Crippen LogP contribution is 2.32. The van der Waals surface area contributed by atoms with Crippen LogP contribution in [0.3, 0.4) is 0 Å². The topological polar surface area (TPSA) is 85.1 Å². The molecule has 7 heteroatoms. The summed E-state index contributed by atoms with van der Waals surface area (Å²) in [5, 5.41) is 14.5. The average Bonchev–Trinajstić information content (AvgIpc) is 2.28. The summed E-state index contributed by atoms with van der Waals surface area (Å²) in [5.74, 6) is -0.266. The first-order valence-corrected chi connectivity index (χ1v) is 5.37. The van der Waals surface area contributed by atoms with Crippen molar-refractivity contribution in [2.45, 2.75) is 6.92 Å². The second-order valence-electron chi connectivity index (χ2n) is 3.62. The molecule has 0 bridgehead atoms. The monoisotopic (exact) mass is 265 g/mol. The summed E-state index contributed by atoms with van der Waals surface area (Å²) in [5.41, 5.74) is 0.385. The Bertz CT molecular complexity index is 657. The molecule has 0 aliphatic carbocycles. The largest absolute Gasteiger partial charge is 0.326 e. The highest BCUT2D eigenvalue weighted by molar-refractivity contribution is 6.30. The number of pyridine rings is 1. The number of benzene rings is 1. The lowest BCUT2D eigenvalue weighted by Crippen LogP contribution is -2.06. The molecule has 1 aromatic heterocycles.